The number of hydrogen-bond donors (Lipinski definition) is 1. The maximum Gasteiger partial charge on any atom is 0.311 e. The summed E-state index contributed by atoms with van der Waals surface area (Å²) in [5.74, 6) is 4.74. The molecule has 6 unspecified atom stereocenters. The summed E-state index contributed by atoms with van der Waals surface area (Å²) < 4.78 is 18.4. The number of ether oxygens (including phenoxy) is 3. The fourth-order valence-corrected chi connectivity index (χ4v) is 12.7. The van der Waals surface area contributed by atoms with E-state index < -0.39 is 11.0 Å². The Bertz CT molecular complexity index is 1400. The first-order valence-electron chi connectivity index (χ1n) is 25.0. The third-order valence-corrected chi connectivity index (χ3v) is 16.8. The lowest BCUT2D eigenvalue weighted by Crippen LogP contribution is -2.51. The van der Waals surface area contributed by atoms with E-state index >= 15 is 0 Å². The molecular formula is C53H94N2O5. The number of nitrogens with two attached hydrogens (primary N) is 1. The molecule has 0 aromatic carbocycles. The fraction of sp³-hybridized carbons (Fsp3) is 0.887. The number of carbonyl (C=O) groups excluding carboxylic acids is 2. The largest absolute Gasteiger partial charge is 0.462 e. The van der Waals surface area contributed by atoms with Crippen LogP contribution in [0.15, 0.2) is 23.8 Å². The summed E-state index contributed by atoms with van der Waals surface area (Å²) >= 11 is 0. The van der Waals surface area contributed by atoms with Gasteiger partial charge in [-0.2, -0.15) is 0 Å². The second-order valence-corrected chi connectivity index (χ2v) is 22.6. The molecule has 4 aliphatic rings. The van der Waals surface area contributed by atoms with Crippen LogP contribution in [0.3, 0.4) is 0 Å². The van der Waals surface area contributed by atoms with Gasteiger partial charge in [-0.3, -0.25) is 9.59 Å². The lowest BCUT2D eigenvalue weighted by Gasteiger charge is -2.58. The molecule has 7 heteroatoms. The molecule has 0 spiro atoms. The Morgan fingerprint density at radius 1 is 0.933 bits per heavy atom. The Morgan fingerprint density at radius 2 is 1.68 bits per heavy atom. The molecule has 4 rings (SSSR count). The minimum atomic E-state index is -0.741. The van der Waals surface area contributed by atoms with Gasteiger partial charge in [0.25, 0.3) is 0 Å². The van der Waals surface area contributed by atoms with Gasteiger partial charge in [-0.15, -0.1) is 0 Å². The van der Waals surface area contributed by atoms with E-state index in [0.29, 0.717) is 23.4 Å². The first kappa shape index (κ1) is 50.9. The number of rotatable bonds is 25. The van der Waals surface area contributed by atoms with E-state index in [1.807, 2.05) is 47.0 Å². The van der Waals surface area contributed by atoms with Gasteiger partial charge in [0, 0.05) is 24.5 Å². The molecule has 0 aromatic heterocycles. The van der Waals surface area contributed by atoms with Crippen molar-refractivity contribution in [1.82, 2.24) is 4.90 Å². The van der Waals surface area contributed by atoms with Crippen LogP contribution in [0.25, 0.3) is 0 Å². The van der Waals surface area contributed by atoms with Crippen LogP contribution >= 0.6 is 0 Å². The highest BCUT2D eigenvalue weighted by atomic mass is 16.5. The third-order valence-electron chi connectivity index (χ3n) is 16.8. The van der Waals surface area contributed by atoms with E-state index in [1.54, 1.807) is 5.57 Å². The van der Waals surface area contributed by atoms with Gasteiger partial charge in [0.1, 0.15) is 12.7 Å². The molecule has 0 bridgehead atoms. The Hall–Kier alpha value is -1.70. The summed E-state index contributed by atoms with van der Waals surface area (Å²) in [7, 11) is 4.04. The van der Waals surface area contributed by atoms with Crippen molar-refractivity contribution in [3.8, 4) is 0 Å². The number of carbonyl (C=O) groups is 2. The molecule has 0 saturated heterocycles. The number of fused-ring (bicyclic) bond motifs is 5. The number of hydrogen-bond acceptors (Lipinski definition) is 7. The predicted octanol–water partition coefficient (Wildman–Crippen LogP) is 12.5. The summed E-state index contributed by atoms with van der Waals surface area (Å²) in [6.45, 7) is 24.5. The molecule has 7 nitrogen and oxygen atoms in total. The van der Waals surface area contributed by atoms with E-state index in [9.17, 15) is 9.59 Å². The molecule has 0 radical (unpaired) electrons. The van der Waals surface area contributed by atoms with Crippen molar-refractivity contribution in [1.29, 1.82) is 0 Å². The molecule has 3 fully saturated rings. The summed E-state index contributed by atoms with van der Waals surface area (Å²) in [6, 6.07) is 0. The number of nitrogens with zero attached hydrogens (tertiary/aromatic N) is 1. The van der Waals surface area contributed by atoms with Crippen LogP contribution in [0, 0.1) is 57.7 Å². The Balaban J connectivity index is 1.25. The van der Waals surface area contributed by atoms with Gasteiger partial charge < -0.3 is 24.8 Å². The van der Waals surface area contributed by atoms with Crippen LogP contribution in [-0.2, 0) is 23.8 Å². The molecule has 2 N–H and O–H groups in total. The number of allylic oxidation sites excluding steroid dienone is 1. The molecule has 4 aliphatic carbocycles. The molecule has 346 valence electrons. The molecule has 0 heterocycles. The highest BCUT2D eigenvalue weighted by molar-refractivity contribution is 5.75. The summed E-state index contributed by atoms with van der Waals surface area (Å²) in [5.41, 5.74) is 8.22. The number of esters is 2. The van der Waals surface area contributed by atoms with Crippen LogP contribution in [0.4, 0.5) is 0 Å². The zero-order chi connectivity index (χ0) is 44.3. The maximum atomic E-state index is 13.0. The monoisotopic (exact) mass is 839 g/mol. The van der Waals surface area contributed by atoms with E-state index in [4.69, 9.17) is 19.9 Å². The molecule has 60 heavy (non-hydrogen) atoms. The average Bonchev–Trinajstić information content (AvgIpc) is 3.54. The lowest BCUT2D eigenvalue weighted by atomic mass is 9.47. The SMILES string of the molecule is CCCC(C)(C)C(=O)OC/C=C\C(C)(N)C(C)C(CCCCCO[C@H]1CC[C@@]2(C)C(=CCC3C2CC[C@@]2(C)C3CC[C@@H]2[C@H](C)CCCC(C)C)C1)OC(=O)CCCN(C)C. The van der Waals surface area contributed by atoms with Crippen LogP contribution in [0.1, 0.15) is 191 Å². The average molecular weight is 839 g/mol. The zero-order valence-corrected chi connectivity index (χ0v) is 41.1. The van der Waals surface area contributed by atoms with Crippen molar-refractivity contribution in [2.24, 2.45) is 63.4 Å². The minimum Gasteiger partial charge on any atom is -0.462 e. The van der Waals surface area contributed by atoms with Crippen molar-refractivity contribution in [3.05, 3.63) is 23.8 Å². The third kappa shape index (κ3) is 13.4. The van der Waals surface area contributed by atoms with Gasteiger partial charge in [0.2, 0.25) is 0 Å². The lowest BCUT2D eigenvalue weighted by molar-refractivity contribution is -0.154. The Labute approximate surface area is 369 Å². The summed E-state index contributed by atoms with van der Waals surface area (Å²) in [6.07, 6.45) is 27.9. The molecule has 0 aliphatic heterocycles. The molecular weight excluding hydrogens is 745 g/mol. The zero-order valence-electron chi connectivity index (χ0n) is 41.1. The van der Waals surface area contributed by atoms with Crippen molar-refractivity contribution < 1.29 is 23.8 Å². The smallest absolute Gasteiger partial charge is 0.311 e. The fourth-order valence-electron chi connectivity index (χ4n) is 12.7. The Kier molecular flexibility index (Phi) is 19.3. The van der Waals surface area contributed by atoms with Crippen molar-refractivity contribution >= 4 is 11.9 Å². The van der Waals surface area contributed by atoms with Gasteiger partial charge >= 0.3 is 11.9 Å². The van der Waals surface area contributed by atoms with Crippen LogP contribution < -0.4 is 5.73 Å². The highest BCUT2D eigenvalue weighted by Gasteiger charge is 2.59. The van der Waals surface area contributed by atoms with Crippen molar-refractivity contribution in [2.45, 2.75) is 209 Å². The van der Waals surface area contributed by atoms with Crippen molar-refractivity contribution in [2.75, 3.05) is 33.9 Å². The van der Waals surface area contributed by atoms with Gasteiger partial charge in [-0.1, -0.05) is 98.3 Å². The molecule has 3 saturated carbocycles. The van der Waals surface area contributed by atoms with Crippen LogP contribution in [0.5, 0.6) is 0 Å². The summed E-state index contributed by atoms with van der Waals surface area (Å²) in [5, 5.41) is 0. The standard InChI is InChI=1S/C53H94N2O5/c1-13-30-50(6,7)49(57)59-36-19-31-53(10,54)40(5)47(60-48(56)23-18-34-55(11)12)22-15-14-16-35-58-42-28-32-51(8)41(37-42)24-25-43-45-27-26-44(39(4)21-17-20-38(2)3)52(45,9)33-29-46(43)51/h19,24,31,38-40,42-47H,13-18,20-23,25-30,32-37,54H2,1-12H3/b31-19-/t39-,40?,42+,43?,44-,45?,46?,47?,51+,52-,53?/m1/s1. The normalized spacial score (nSPS) is 30.6. The van der Waals surface area contributed by atoms with Crippen molar-refractivity contribution in [3.63, 3.8) is 0 Å². The van der Waals surface area contributed by atoms with Crippen LogP contribution in [-0.4, -0.2) is 68.4 Å². The second-order valence-electron chi connectivity index (χ2n) is 22.6. The van der Waals surface area contributed by atoms with E-state index in [0.717, 1.165) is 100 Å². The van der Waals surface area contributed by atoms with Gasteiger partial charge in [-0.05, 0) is 177 Å². The van der Waals surface area contributed by atoms with E-state index in [-0.39, 0.29) is 30.6 Å². The summed E-state index contributed by atoms with van der Waals surface area (Å²) in [4.78, 5) is 27.7. The quantitative estimate of drug-likeness (QED) is 0.0556. The van der Waals surface area contributed by atoms with Gasteiger partial charge in [0.15, 0.2) is 0 Å². The molecule has 11 atom stereocenters. The second kappa shape index (κ2) is 22.8. The first-order chi connectivity index (χ1) is 28.2. The van der Waals surface area contributed by atoms with Gasteiger partial charge in [-0.25, -0.2) is 0 Å². The Morgan fingerprint density at radius 3 is 2.38 bits per heavy atom. The highest BCUT2D eigenvalue weighted by Crippen LogP contribution is 2.67. The first-order valence-corrected chi connectivity index (χ1v) is 25.0. The minimum absolute atomic E-state index is 0.119. The molecule has 0 aromatic rings. The number of unbranched alkanes of at least 4 members (excludes halogenated alkanes) is 2. The predicted molar refractivity (Wildman–Crippen MR) is 249 cm³/mol. The van der Waals surface area contributed by atoms with Gasteiger partial charge in [0.05, 0.1) is 11.5 Å². The van der Waals surface area contributed by atoms with E-state index in [2.05, 4.69) is 59.4 Å². The maximum absolute atomic E-state index is 13.0. The topological polar surface area (TPSA) is 91.1 Å². The van der Waals surface area contributed by atoms with Crippen LogP contribution in [0.2, 0.25) is 0 Å². The molecule has 0 amide bonds. The van der Waals surface area contributed by atoms with E-state index in [1.165, 1.54) is 64.2 Å².